The zero-order valence-electron chi connectivity index (χ0n) is 12.4. The number of amides is 1. The quantitative estimate of drug-likeness (QED) is 0.764. The number of rotatable bonds is 2. The topological polar surface area (TPSA) is 42.0 Å². The van der Waals surface area contributed by atoms with Gasteiger partial charge in [-0.05, 0) is 33.1 Å². The Hall–Kier alpha value is -0.810. The first kappa shape index (κ1) is 14.6. The normalized spacial score (nSPS) is 25.6. The Morgan fingerprint density at radius 1 is 1.26 bits per heavy atom. The van der Waals surface area contributed by atoms with Crippen LogP contribution in [0.5, 0.6) is 0 Å². The van der Waals surface area contributed by atoms with Gasteiger partial charge in [-0.2, -0.15) is 0 Å². The summed E-state index contributed by atoms with van der Waals surface area (Å²) in [5.41, 5.74) is -0.403. The average molecular weight is 270 g/mol. The Morgan fingerprint density at radius 3 is 2.58 bits per heavy atom. The highest BCUT2D eigenvalue weighted by Gasteiger charge is 2.30. The highest BCUT2D eigenvalue weighted by atomic mass is 16.6. The molecular weight excluding hydrogens is 244 g/mol. The predicted octanol–water partition coefficient (Wildman–Crippen LogP) is 1.58. The third-order valence-corrected chi connectivity index (χ3v) is 3.56. The fourth-order valence-electron chi connectivity index (χ4n) is 2.62. The lowest BCUT2D eigenvalue weighted by Gasteiger charge is -2.29. The minimum absolute atomic E-state index is 0.169. The second-order valence-electron chi connectivity index (χ2n) is 6.49. The van der Waals surface area contributed by atoms with E-state index in [0.717, 1.165) is 52.4 Å². The van der Waals surface area contributed by atoms with E-state index >= 15 is 0 Å². The number of nitrogens with zero attached hydrogens (tertiary/aromatic N) is 2. The van der Waals surface area contributed by atoms with Gasteiger partial charge in [0.1, 0.15) is 5.60 Å². The lowest BCUT2D eigenvalue weighted by atomic mass is 10.1. The molecule has 0 unspecified atom stereocenters. The number of carbonyl (C=O) groups excluding carboxylic acids is 1. The Kier molecular flexibility index (Phi) is 4.68. The monoisotopic (exact) mass is 270 g/mol. The number of hydrogen-bond donors (Lipinski definition) is 0. The highest BCUT2D eigenvalue weighted by Crippen LogP contribution is 2.20. The van der Waals surface area contributed by atoms with E-state index in [-0.39, 0.29) is 6.09 Å². The third-order valence-electron chi connectivity index (χ3n) is 3.56. The molecule has 19 heavy (non-hydrogen) atoms. The molecule has 2 heterocycles. The van der Waals surface area contributed by atoms with E-state index in [0.29, 0.717) is 5.92 Å². The van der Waals surface area contributed by atoms with Gasteiger partial charge in [0.15, 0.2) is 0 Å². The lowest BCUT2D eigenvalue weighted by Crippen LogP contribution is -2.40. The van der Waals surface area contributed by atoms with Crippen LogP contribution in [0.2, 0.25) is 0 Å². The standard InChI is InChI=1S/C14H26N2O3/c1-14(2,3)19-13(17)16-5-4-12(11-16)10-15-6-8-18-9-7-15/h12H,4-11H2,1-3H3/t12-/m0/s1. The molecule has 2 fully saturated rings. The van der Waals surface area contributed by atoms with Crippen LogP contribution in [-0.4, -0.2) is 67.4 Å². The molecule has 1 atom stereocenters. The second-order valence-corrected chi connectivity index (χ2v) is 6.49. The van der Waals surface area contributed by atoms with Crippen molar-refractivity contribution in [1.82, 2.24) is 9.80 Å². The fourth-order valence-corrected chi connectivity index (χ4v) is 2.62. The van der Waals surface area contributed by atoms with Gasteiger partial charge in [-0.15, -0.1) is 0 Å². The first-order chi connectivity index (χ1) is 8.94. The number of hydrogen-bond acceptors (Lipinski definition) is 4. The maximum Gasteiger partial charge on any atom is 0.410 e. The first-order valence-corrected chi connectivity index (χ1v) is 7.22. The van der Waals surface area contributed by atoms with Crippen molar-refractivity contribution in [2.75, 3.05) is 45.9 Å². The summed E-state index contributed by atoms with van der Waals surface area (Å²) in [5, 5.41) is 0. The molecule has 0 spiro atoms. The maximum atomic E-state index is 12.0. The van der Waals surface area contributed by atoms with Crippen LogP contribution >= 0.6 is 0 Å². The number of ether oxygens (including phenoxy) is 2. The zero-order valence-corrected chi connectivity index (χ0v) is 12.4. The minimum atomic E-state index is -0.403. The molecule has 2 rings (SSSR count). The summed E-state index contributed by atoms with van der Waals surface area (Å²) in [7, 11) is 0. The summed E-state index contributed by atoms with van der Waals surface area (Å²) in [6.07, 6.45) is 0.910. The summed E-state index contributed by atoms with van der Waals surface area (Å²) in [4.78, 5) is 16.2. The van der Waals surface area contributed by atoms with Gasteiger partial charge in [-0.1, -0.05) is 0 Å². The molecule has 0 saturated carbocycles. The molecular formula is C14H26N2O3. The molecule has 5 nitrogen and oxygen atoms in total. The summed E-state index contributed by atoms with van der Waals surface area (Å²) in [5.74, 6) is 0.575. The molecule has 0 bridgehead atoms. The Morgan fingerprint density at radius 2 is 1.95 bits per heavy atom. The van der Waals surface area contributed by atoms with Crippen LogP contribution in [0.25, 0.3) is 0 Å². The van der Waals surface area contributed by atoms with Gasteiger partial charge in [-0.3, -0.25) is 4.90 Å². The van der Waals surface area contributed by atoms with Gasteiger partial charge in [0.05, 0.1) is 13.2 Å². The third kappa shape index (κ3) is 4.66. The van der Waals surface area contributed by atoms with Crippen LogP contribution in [0.3, 0.4) is 0 Å². The van der Waals surface area contributed by atoms with Crippen molar-refractivity contribution in [3.63, 3.8) is 0 Å². The van der Waals surface area contributed by atoms with Gasteiger partial charge in [0.2, 0.25) is 0 Å². The summed E-state index contributed by atoms with van der Waals surface area (Å²) < 4.78 is 10.8. The van der Waals surface area contributed by atoms with Gasteiger partial charge < -0.3 is 14.4 Å². The number of carbonyl (C=O) groups is 1. The molecule has 0 aliphatic carbocycles. The average Bonchev–Trinajstić information content (AvgIpc) is 2.77. The van der Waals surface area contributed by atoms with Crippen LogP contribution in [0.15, 0.2) is 0 Å². The van der Waals surface area contributed by atoms with E-state index in [4.69, 9.17) is 9.47 Å². The van der Waals surface area contributed by atoms with Crippen LogP contribution in [0.4, 0.5) is 4.79 Å². The molecule has 1 amide bonds. The smallest absolute Gasteiger partial charge is 0.410 e. The van der Waals surface area contributed by atoms with E-state index < -0.39 is 5.60 Å². The van der Waals surface area contributed by atoms with Crippen LogP contribution in [0, 0.1) is 5.92 Å². The van der Waals surface area contributed by atoms with Gasteiger partial charge >= 0.3 is 6.09 Å². The second kappa shape index (κ2) is 6.09. The predicted molar refractivity (Wildman–Crippen MR) is 73.2 cm³/mol. The van der Waals surface area contributed by atoms with Gasteiger partial charge in [0.25, 0.3) is 0 Å². The number of likely N-dealkylation sites (tertiary alicyclic amines) is 1. The van der Waals surface area contributed by atoms with Gasteiger partial charge in [0, 0.05) is 32.7 Å². The SMILES string of the molecule is CC(C)(C)OC(=O)N1CC[C@@H](CN2CCOCC2)C1. The molecule has 0 aromatic heterocycles. The molecule has 110 valence electrons. The highest BCUT2D eigenvalue weighted by molar-refractivity contribution is 5.68. The Labute approximate surface area is 115 Å². The van der Waals surface area contributed by atoms with Gasteiger partial charge in [-0.25, -0.2) is 4.79 Å². The minimum Gasteiger partial charge on any atom is -0.444 e. The van der Waals surface area contributed by atoms with Crippen molar-refractivity contribution in [3.05, 3.63) is 0 Å². The molecule has 2 aliphatic heterocycles. The molecule has 0 N–H and O–H groups in total. The van der Waals surface area contributed by atoms with Crippen molar-refractivity contribution in [2.24, 2.45) is 5.92 Å². The molecule has 2 saturated heterocycles. The van der Waals surface area contributed by atoms with Crippen LogP contribution in [0.1, 0.15) is 27.2 Å². The summed E-state index contributed by atoms with van der Waals surface area (Å²) in [6.45, 7) is 12.2. The maximum absolute atomic E-state index is 12.0. The molecule has 0 aromatic rings. The van der Waals surface area contributed by atoms with Crippen molar-refractivity contribution in [3.8, 4) is 0 Å². The molecule has 2 aliphatic rings. The summed E-state index contributed by atoms with van der Waals surface area (Å²) in [6, 6.07) is 0. The summed E-state index contributed by atoms with van der Waals surface area (Å²) >= 11 is 0. The van der Waals surface area contributed by atoms with E-state index in [1.54, 1.807) is 0 Å². The van der Waals surface area contributed by atoms with Crippen molar-refractivity contribution >= 4 is 6.09 Å². The van der Waals surface area contributed by atoms with Crippen LogP contribution < -0.4 is 0 Å². The fraction of sp³-hybridized carbons (Fsp3) is 0.929. The zero-order chi connectivity index (χ0) is 13.9. The lowest BCUT2D eigenvalue weighted by molar-refractivity contribution is 0.0239. The molecule has 0 aromatic carbocycles. The van der Waals surface area contributed by atoms with E-state index in [9.17, 15) is 4.79 Å². The van der Waals surface area contributed by atoms with Crippen molar-refractivity contribution in [2.45, 2.75) is 32.8 Å². The largest absolute Gasteiger partial charge is 0.444 e. The van der Waals surface area contributed by atoms with Crippen LogP contribution in [-0.2, 0) is 9.47 Å². The Bertz CT molecular complexity index is 308. The molecule has 5 heteroatoms. The van der Waals surface area contributed by atoms with Crippen molar-refractivity contribution < 1.29 is 14.3 Å². The van der Waals surface area contributed by atoms with E-state index in [1.807, 2.05) is 25.7 Å². The van der Waals surface area contributed by atoms with E-state index in [1.165, 1.54) is 0 Å². The first-order valence-electron chi connectivity index (χ1n) is 7.22. The van der Waals surface area contributed by atoms with Crippen molar-refractivity contribution in [1.29, 1.82) is 0 Å². The van der Waals surface area contributed by atoms with E-state index in [2.05, 4.69) is 4.90 Å². The molecule has 0 radical (unpaired) electrons. The Balaban J connectivity index is 1.74. The number of morpholine rings is 1.